The molecular weight excluding hydrogens is 422 g/mol. The summed E-state index contributed by atoms with van der Waals surface area (Å²) in [6.07, 6.45) is 3.91. The summed E-state index contributed by atoms with van der Waals surface area (Å²) < 4.78 is 5.94. The zero-order valence-corrected chi connectivity index (χ0v) is 22.4. The topological polar surface area (TPSA) is 75.7 Å². The average molecular weight is 470 g/mol. The summed E-state index contributed by atoms with van der Waals surface area (Å²) in [4.78, 5) is 0. The molecule has 0 fully saturated rings. The normalized spacial score (nSPS) is 14.2. The Kier molecular flexibility index (Phi) is 10.2. The number of ether oxygens (including phenoxy) is 1. The smallest absolute Gasteiger partial charge is 0.122 e. The molecule has 2 rings (SSSR count). The fraction of sp³-hybridized carbons (Fsp3) is 0.600. The van der Waals surface area contributed by atoms with Crippen molar-refractivity contribution in [1.82, 2.24) is 0 Å². The van der Waals surface area contributed by atoms with Crippen molar-refractivity contribution in [2.75, 3.05) is 13.2 Å². The Morgan fingerprint density at radius 1 is 0.912 bits per heavy atom. The fourth-order valence-corrected chi connectivity index (χ4v) is 4.79. The molecule has 0 radical (unpaired) electrons. The molecule has 0 aliphatic heterocycles. The van der Waals surface area contributed by atoms with Crippen molar-refractivity contribution in [2.24, 2.45) is 11.1 Å². The predicted molar refractivity (Wildman–Crippen MR) is 143 cm³/mol. The number of benzene rings is 2. The first-order valence-corrected chi connectivity index (χ1v) is 12.9. The molecule has 0 bridgehead atoms. The zero-order valence-electron chi connectivity index (χ0n) is 22.4. The van der Waals surface area contributed by atoms with Gasteiger partial charge < -0.3 is 20.7 Å². The summed E-state index contributed by atoms with van der Waals surface area (Å²) in [7, 11) is 0. The second-order valence-electron chi connectivity index (χ2n) is 10.9. The van der Waals surface area contributed by atoms with E-state index in [0.717, 1.165) is 37.0 Å². The molecule has 2 aromatic rings. The Labute approximate surface area is 207 Å². The number of aryl methyl sites for hydroxylation is 3. The first-order chi connectivity index (χ1) is 16.0. The van der Waals surface area contributed by atoms with E-state index < -0.39 is 0 Å². The summed E-state index contributed by atoms with van der Waals surface area (Å²) in [5, 5.41) is 19.5. The van der Waals surface area contributed by atoms with Crippen LogP contribution in [-0.4, -0.2) is 35.6 Å². The van der Waals surface area contributed by atoms with Gasteiger partial charge in [0.15, 0.2) is 0 Å². The number of hydrogen-bond donors (Lipinski definition) is 3. The summed E-state index contributed by atoms with van der Waals surface area (Å²) in [5.74, 6) is 0.849. The third kappa shape index (κ3) is 6.84. The molecule has 0 unspecified atom stereocenters. The lowest BCUT2D eigenvalue weighted by atomic mass is 9.69. The largest absolute Gasteiger partial charge is 0.492 e. The molecule has 0 aliphatic carbocycles. The lowest BCUT2D eigenvalue weighted by Gasteiger charge is -2.34. The van der Waals surface area contributed by atoms with Gasteiger partial charge in [0.05, 0.1) is 6.10 Å². The predicted octanol–water partition coefficient (Wildman–Crippen LogP) is 5.84. The fourth-order valence-electron chi connectivity index (χ4n) is 4.79. The lowest BCUT2D eigenvalue weighted by Crippen LogP contribution is -2.29. The first-order valence-electron chi connectivity index (χ1n) is 12.9. The minimum Gasteiger partial charge on any atom is -0.492 e. The molecule has 0 aromatic heterocycles. The summed E-state index contributed by atoms with van der Waals surface area (Å²) in [6.45, 7) is 15.5. The van der Waals surface area contributed by atoms with Crippen LogP contribution in [-0.2, 0) is 11.8 Å². The van der Waals surface area contributed by atoms with Gasteiger partial charge in [-0.15, -0.1) is 0 Å². The Hall–Kier alpha value is -1.88. The van der Waals surface area contributed by atoms with Gasteiger partial charge in [0, 0.05) is 18.1 Å². The molecule has 2 atom stereocenters. The zero-order chi connectivity index (χ0) is 25.5. The molecule has 2 aromatic carbocycles. The van der Waals surface area contributed by atoms with E-state index in [4.69, 9.17) is 15.6 Å². The molecule has 0 spiro atoms. The van der Waals surface area contributed by atoms with Crippen LogP contribution in [0.3, 0.4) is 0 Å². The molecule has 0 amide bonds. The van der Waals surface area contributed by atoms with Gasteiger partial charge in [-0.1, -0.05) is 65.0 Å². The van der Waals surface area contributed by atoms with Gasteiger partial charge in [-0.25, -0.2) is 0 Å². The standard InChI is InChI=1S/C30H47NO3/c1-8-30(9-2,25-13-14-27(22(4)19-25)34-20-26(31)16-17-32)24-12-10-23(21(3)18-24)11-15-28(33)29(5,6)7/h10,12-14,18-19,26,28,32-33H,8-9,11,15-17,20,31H2,1-7H3/t26-,28+/m1/s1. The molecule has 0 aliphatic rings. The Morgan fingerprint density at radius 3 is 2.00 bits per heavy atom. The van der Waals surface area contributed by atoms with Gasteiger partial charge in [-0.05, 0) is 85.3 Å². The number of hydrogen-bond acceptors (Lipinski definition) is 4. The molecule has 4 heteroatoms. The first kappa shape index (κ1) is 28.4. The minimum atomic E-state index is -0.307. The number of aliphatic hydroxyl groups is 2. The monoisotopic (exact) mass is 469 g/mol. The maximum atomic E-state index is 10.5. The van der Waals surface area contributed by atoms with Crippen LogP contribution in [0.5, 0.6) is 5.75 Å². The van der Waals surface area contributed by atoms with Crippen molar-refractivity contribution in [1.29, 1.82) is 0 Å². The lowest BCUT2D eigenvalue weighted by molar-refractivity contribution is 0.0560. The van der Waals surface area contributed by atoms with Gasteiger partial charge in [-0.2, -0.15) is 0 Å². The molecule has 0 heterocycles. The maximum absolute atomic E-state index is 10.5. The number of nitrogens with two attached hydrogens (primary N) is 1. The van der Waals surface area contributed by atoms with Crippen molar-refractivity contribution in [2.45, 2.75) is 98.1 Å². The third-order valence-electron chi connectivity index (χ3n) is 7.47. The summed E-state index contributed by atoms with van der Waals surface area (Å²) >= 11 is 0. The van der Waals surface area contributed by atoms with Crippen molar-refractivity contribution >= 4 is 0 Å². The molecule has 4 nitrogen and oxygen atoms in total. The molecule has 0 saturated carbocycles. The number of rotatable bonds is 12. The Balaban J connectivity index is 2.28. The van der Waals surface area contributed by atoms with Crippen molar-refractivity contribution in [3.05, 3.63) is 64.2 Å². The van der Waals surface area contributed by atoms with E-state index in [1.165, 1.54) is 22.3 Å². The van der Waals surface area contributed by atoms with Crippen molar-refractivity contribution in [3.63, 3.8) is 0 Å². The SMILES string of the molecule is CCC(CC)(c1ccc(CC[C@H](O)C(C)(C)C)c(C)c1)c1ccc(OC[C@H](N)CCO)c(C)c1. The van der Waals surface area contributed by atoms with Gasteiger partial charge in [0.2, 0.25) is 0 Å². The van der Waals surface area contributed by atoms with Gasteiger partial charge in [0.25, 0.3) is 0 Å². The van der Waals surface area contributed by atoms with E-state index >= 15 is 0 Å². The van der Waals surface area contributed by atoms with E-state index in [0.29, 0.717) is 13.0 Å². The molecule has 34 heavy (non-hydrogen) atoms. The van der Waals surface area contributed by atoms with E-state index in [1.54, 1.807) is 0 Å². The van der Waals surface area contributed by atoms with Crippen LogP contribution in [0.2, 0.25) is 0 Å². The van der Waals surface area contributed by atoms with Crippen LogP contribution in [0.1, 0.15) is 88.1 Å². The second kappa shape index (κ2) is 12.2. The summed E-state index contributed by atoms with van der Waals surface area (Å²) in [5.41, 5.74) is 12.2. The third-order valence-corrected chi connectivity index (χ3v) is 7.47. The van der Waals surface area contributed by atoms with Crippen LogP contribution in [0.15, 0.2) is 36.4 Å². The van der Waals surface area contributed by atoms with Crippen LogP contribution >= 0.6 is 0 Å². The molecule has 0 saturated heterocycles. The summed E-state index contributed by atoms with van der Waals surface area (Å²) in [6, 6.07) is 13.2. The number of aliphatic hydroxyl groups excluding tert-OH is 2. The minimum absolute atomic E-state index is 0.0647. The van der Waals surface area contributed by atoms with Crippen LogP contribution in [0.25, 0.3) is 0 Å². The Morgan fingerprint density at radius 2 is 1.50 bits per heavy atom. The van der Waals surface area contributed by atoms with Crippen LogP contribution < -0.4 is 10.5 Å². The Bertz CT molecular complexity index is 912. The van der Waals surface area contributed by atoms with E-state index in [1.807, 2.05) is 0 Å². The quantitative estimate of drug-likeness (QED) is 0.365. The molecule has 190 valence electrons. The highest BCUT2D eigenvalue weighted by molar-refractivity contribution is 5.47. The maximum Gasteiger partial charge on any atom is 0.122 e. The highest BCUT2D eigenvalue weighted by atomic mass is 16.5. The highest BCUT2D eigenvalue weighted by Gasteiger charge is 2.31. The molecular formula is C30H47NO3. The average Bonchev–Trinajstić information content (AvgIpc) is 2.78. The van der Waals surface area contributed by atoms with E-state index in [9.17, 15) is 5.11 Å². The second-order valence-corrected chi connectivity index (χ2v) is 10.9. The highest BCUT2D eigenvalue weighted by Crippen LogP contribution is 2.41. The van der Waals surface area contributed by atoms with Gasteiger partial charge >= 0.3 is 0 Å². The van der Waals surface area contributed by atoms with Gasteiger partial charge in [-0.3, -0.25) is 0 Å². The van der Waals surface area contributed by atoms with Crippen molar-refractivity contribution in [3.8, 4) is 5.75 Å². The van der Waals surface area contributed by atoms with Gasteiger partial charge in [0.1, 0.15) is 12.4 Å². The van der Waals surface area contributed by atoms with Crippen LogP contribution in [0.4, 0.5) is 0 Å². The van der Waals surface area contributed by atoms with E-state index in [-0.39, 0.29) is 29.6 Å². The van der Waals surface area contributed by atoms with Crippen LogP contribution in [0, 0.1) is 19.3 Å². The van der Waals surface area contributed by atoms with Crippen molar-refractivity contribution < 1.29 is 14.9 Å². The molecule has 4 N–H and O–H groups in total. The van der Waals surface area contributed by atoms with E-state index in [2.05, 4.69) is 84.9 Å².